The van der Waals surface area contributed by atoms with Gasteiger partial charge in [0.05, 0.1) is 12.0 Å². The van der Waals surface area contributed by atoms with Crippen molar-refractivity contribution in [3.8, 4) is 0 Å². The summed E-state index contributed by atoms with van der Waals surface area (Å²) in [6, 6.07) is 1.65. The van der Waals surface area contributed by atoms with Crippen molar-refractivity contribution in [3.05, 3.63) is 17.5 Å². The number of carboxylic acids is 1. The number of aliphatic carboxylic acids is 1. The number of carbonyl (C=O) groups excluding carboxylic acids is 1. The molecule has 1 heterocycles. The van der Waals surface area contributed by atoms with Crippen LogP contribution in [0.15, 0.2) is 10.6 Å². The highest BCUT2D eigenvalue weighted by molar-refractivity contribution is 5.93. The monoisotopic (exact) mass is 280 g/mol. The van der Waals surface area contributed by atoms with Crippen molar-refractivity contribution < 1.29 is 19.2 Å². The van der Waals surface area contributed by atoms with Crippen molar-refractivity contribution >= 4 is 11.9 Å². The van der Waals surface area contributed by atoms with Crippen LogP contribution in [-0.4, -0.2) is 27.7 Å². The molecule has 2 N–H and O–H groups in total. The van der Waals surface area contributed by atoms with Gasteiger partial charge in [-0.25, -0.2) is 0 Å². The van der Waals surface area contributed by atoms with Gasteiger partial charge in [-0.15, -0.1) is 0 Å². The average Bonchev–Trinajstić information content (AvgIpc) is 3.05. The van der Waals surface area contributed by atoms with Crippen molar-refractivity contribution in [3.63, 3.8) is 0 Å². The summed E-state index contributed by atoms with van der Waals surface area (Å²) in [4.78, 5) is 23.1. The Labute approximate surface area is 117 Å². The van der Waals surface area contributed by atoms with Gasteiger partial charge < -0.3 is 14.9 Å². The van der Waals surface area contributed by atoms with Crippen molar-refractivity contribution in [2.45, 2.75) is 51.5 Å². The lowest BCUT2D eigenvalue weighted by atomic mass is 9.85. The van der Waals surface area contributed by atoms with E-state index in [2.05, 4.69) is 10.5 Å². The molecule has 1 fully saturated rings. The number of amides is 1. The fraction of sp³-hybridized carbons (Fsp3) is 0.643. The van der Waals surface area contributed by atoms with Crippen molar-refractivity contribution in [1.29, 1.82) is 0 Å². The number of nitrogens with zero attached hydrogens (tertiary/aromatic N) is 1. The van der Waals surface area contributed by atoms with Gasteiger partial charge in [0, 0.05) is 12.0 Å². The minimum absolute atomic E-state index is 0.0163. The first-order valence-corrected chi connectivity index (χ1v) is 6.83. The summed E-state index contributed by atoms with van der Waals surface area (Å²) < 4.78 is 5.14. The van der Waals surface area contributed by atoms with Gasteiger partial charge in [-0.3, -0.25) is 9.59 Å². The first-order valence-electron chi connectivity index (χ1n) is 6.83. The standard InChI is InChI=1S/C14H20N2O4/c1-8(2)14(3,7-12(17)18)15-13(19)10-6-11(20-16-10)9-4-5-9/h6,8-9H,4-5,7H2,1-3H3,(H,15,19)(H,17,18). The molecule has 1 aliphatic rings. The zero-order valence-electron chi connectivity index (χ0n) is 12.0. The Kier molecular flexibility index (Phi) is 3.83. The lowest BCUT2D eigenvalue weighted by Gasteiger charge is -2.33. The predicted molar refractivity (Wildman–Crippen MR) is 71.4 cm³/mol. The highest BCUT2D eigenvalue weighted by Gasteiger charge is 2.34. The van der Waals surface area contributed by atoms with Gasteiger partial charge in [-0.05, 0) is 25.7 Å². The van der Waals surface area contributed by atoms with Crippen LogP contribution in [0.5, 0.6) is 0 Å². The van der Waals surface area contributed by atoms with Crippen LogP contribution in [0.3, 0.4) is 0 Å². The Hall–Kier alpha value is -1.85. The van der Waals surface area contributed by atoms with E-state index < -0.39 is 17.4 Å². The molecule has 110 valence electrons. The van der Waals surface area contributed by atoms with Crippen LogP contribution in [0.2, 0.25) is 0 Å². The Morgan fingerprint density at radius 1 is 1.55 bits per heavy atom. The molecule has 1 saturated carbocycles. The molecule has 20 heavy (non-hydrogen) atoms. The van der Waals surface area contributed by atoms with E-state index in [4.69, 9.17) is 9.63 Å². The lowest BCUT2D eigenvalue weighted by molar-refractivity contribution is -0.138. The van der Waals surface area contributed by atoms with Crippen LogP contribution in [0.4, 0.5) is 0 Å². The summed E-state index contributed by atoms with van der Waals surface area (Å²) in [7, 11) is 0. The van der Waals surface area contributed by atoms with Gasteiger partial charge >= 0.3 is 5.97 Å². The molecule has 0 spiro atoms. The van der Waals surface area contributed by atoms with Crippen LogP contribution in [0, 0.1) is 5.92 Å². The summed E-state index contributed by atoms with van der Waals surface area (Å²) in [5, 5.41) is 15.5. The molecular formula is C14H20N2O4. The maximum atomic E-state index is 12.2. The lowest BCUT2D eigenvalue weighted by Crippen LogP contribution is -2.51. The molecule has 1 atom stereocenters. The number of carbonyl (C=O) groups is 2. The maximum absolute atomic E-state index is 12.2. The van der Waals surface area contributed by atoms with Gasteiger partial charge in [-0.1, -0.05) is 19.0 Å². The van der Waals surface area contributed by atoms with E-state index in [1.54, 1.807) is 13.0 Å². The number of aromatic nitrogens is 1. The topological polar surface area (TPSA) is 92.4 Å². The molecular weight excluding hydrogens is 260 g/mol. The highest BCUT2D eigenvalue weighted by atomic mass is 16.5. The highest BCUT2D eigenvalue weighted by Crippen LogP contribution is 2.40. The molecule has 2 rings (SSSR count). The molecule has 6 nitrogen and oxygen atoms in total. The van der Waals surface area contributed by atoms with Gasteiger partial charge in [0.15, 0.2) is 5.69 Å². The number of hydrogen-bond acceptors (Lipinski definition) is 4. The van der Waals surface area contributed by atoms with Crippen molar-refractivity contribution in [2.75, 3.05) is 0 Å². The fourth-order valence-corrected chi connectivity index (χ4v) is 1.99. The molecule has 6 heteroatoms. The van der Waals surface area contributed by atoms with E-state index in [-0.39, 0.29) is 18.0 Å². The second-order valence-electron chi connectivity index (χ2n) is 5.99. The number of hydrogen-bond donors (Lipinski definition) is 2. The third kappa shape index (κ3) is 3.18. The molecule has 0 radical (unpaired) electrons. The Morgan fingerprint density at radius 2 is 2.20 bits per heavy atom. The Morgan fingerprint density at radius 3 is 2.70 bits per heavy atom. The van der Waals surface area contributed by atoms with Crippen molar-refractivity contribution in [1.82, 2.24) is 10.5 Å². The molecule has 1 amide bonds. The van der Waals surface area contributed by atoms with Crippen LogP contribution in [0.1, 0.15) is 62.2 Å². The third-order valence-corrected chi connectivity index (χ3v) is 3.93. The SMILES string of the molecule is CC(C)C(C)(CC(=O)O)NC(=O)c1cc(C2CC2)on1. The number of nitrogens with one attached hydrogen (secondary N) is 1. The van der Waals surface area contributed by atoms with Crippen LogP contribution in [0.25, 0.3) is 0 Å². The zero-order valence-corrected chi connectivity index (χ0v) is 12.0. The van der Waals surface area contributed by atoms with E-state index in [0.29, 0.717) is 5.92 Å². The molecule has 0 saturated heterocycles. The third-order valence-electron chi connectivity index (χ3n) is 3.93. The molecule has 1 aromatic rings. The largest absolute Gasteiger partial charge is 0.481 e. The zero-order chi connectivity index (χ0) is 14.9. The van der Waals surface area contributed by atoms with Gasteiger partial charge in [0.25, 0.3) is 5.91 Å². The molecule has 1 unspecified atom stereocenters. The maximum Gasteiger partial charge on any atom is 0.305 e. The first-order chi connectivity index (χ1) is 9.32. The Bertz CT molecular complexity index is 519. The molecule has 0 aliphatic heterocycles. The Balaban J connectivity index is 2.08. The molecule has 0 bridgehead atoms. The van der Waals surface area contributed by atoms with E-state index in [9.17, 15) is 9.59 Å². The average molecular weight is 280 g/mol. The minimum atomic E-state index is -0.944. The molecule has 0 aromatic carbocycles. The van der Waals surface area contributed by atoms with Gasteiger partial charge in [0.2, 0.25) is 0 Å². The smallest absolute Gasteiger partial charge is 0.305 e. The summed E-state index contributed by atoms with van der Waals surface area (Å²) in [6.07, 6.45) is 2.00. The summed E-state index contributed by atoms with van der Waals surface area (Å²) >= 11 is 0. The van der Waals surface area contributed by atoms with Crippen LogP contribution in [-0.2, 0) is 4.79 Å². The summed E-state index contributed by atoms with van der Waals surface area (Å²) in [5.74, 6) is -0.227. The normalized spacial score (nSPS) is 17.8. The quantitative estimate of drug-likeness (QED) is 0.833. The van der Waals surface area contributed by atoms with E-state index >= 15 is 0 Å². The fourth-order valence-electron chi connectivity index (χ4n) is 1.99. The second-order valence-corrected chi connectivity index (χ2v) is 5.99. The van der Waals surface area contributed by atoms with E-state index in [0.717, 1.165) is 18.6 Å². The summed E-state index contributed by atoms with van der Waals surface area (Å²) in [5.41, 5.74) is -0.606. The van der Waals surface area contributed by atoms with Crippen molar-refractivity contribution in [2.24, 2.45) is 5.92 Å². The number of carboxylic acid groups (broad SMARTS) is 1. The summed E-state index contributed by atoms with van der Waals surface area (Å²) in [6.45, 7) is 5.48. The minimum Gasteiger partial charge on any atom is -0.481 e. The van der Waals surface area contributed by atoms with Gasteiger partial charge in [-0.2, -0.15) is 0 Å². The van der Waals surface area contributed by atoms with Gasteiger partial charge in [0.1, 0.15) is 5.76 Å². The second kappa shape index (κ2) is 5.26. The van der Waals surface area contributed by atoms with E-state index in [1.807, 2.05) is 13.8 Å². The molecule has 1 aromatic heterocycles. The van der Waals surface area contributed by atoms with Crippen LogP contribution < -0.4 is 5.32 Å². The van der Waals surface area contributed by atoms with E-state index in [1.165, 1.54) is 0 Å². The van der Waals surface area contributed by atoms with Crippen LogP contribution >= 0.6 is 0 Å². The number of rotatable bonds is 6. The first kappa shape index (κ1) is 14.6. The molecule has 1 aliphatic carbocycles. The predicted octanol–water partition coefficient (Wildman–Crippen LogP) is 2.17.